The van der Waals surface area contributed by atoms with Crippen molar-refractivity contribution in [1.29, 1.82) is 0 Å². The van der Waals surface area contributed by atoms with E-state index in [2.05, 4.69) is 32.4 Å². The number of quaternary nitrogens is 1. The lowest BCUT2D eigenvalue weighted by atomic mass is 10.1. The van der Waals surface area contributed by atoms with E-state index < -0.39 is 10.1 Å². The molecule has 0 saturated carbocycles. The molecule has 0 fully saturated rings. The molecule has 1 heterocycles. The van der Waals surface area contributed by atoms with E-state index >= 15 is 0 Å². The summed E-state index contributed by atoms with van der Waals surface area (Å²) in [5, 5.41) is 0. The van der Waals surface area contributed by atoms with Gasteiger partial charge in [-0.2, -0.15) is 0 Å². The van der Waals surface area contributed by atoms with E-state index in [0.717, 1.165) is 49.8 Å². The fraction of sp³-hybridized carbons (Fsp3) is 0.833. The first-order valence-electron chi connectivity index (χ1n) is 9.29. The van der Waals surface area contributed by atoms with Gasteiger partial charge in [-0.15, -0.1) is 0 Å². The summed E-state index contributed by atoms with van der Waals surface area (Å²) in [6, 6.07) is 0.242. The molecule has 0 aromatic rings. The smallest absolute Gasteiger partial charge is 0.341 e. The molecule has 6 nitrogen and oxygen atoms in total. The van der Waals surface area contributed by atoms with Crippen LogP contribution in [0.5, 0.6) is 0 Å². The van der Waals surface area contributed by atoms with Crippen LogP contribution in [0.4, 0.5) is 0 Å². The fourth-order valence-electron chi connectivity index (χ4n) is 2.94. The average molecular weight is 378 g/mol. The van der Waals surface area contributed by atoms with Crippen molar-refractivity contribution in [1.82, 2.24) is 0 Å². The van der Waals surface area contributed by atoms with E-state index in [1.165, 1.54) is 6.26 Å². The number of nitrogens with zero attached hydrogens (tertiary/aromatic N) is 1. The van der Waals surface area contributed by atoms with Crippen molar-refractivity contribution in [3.8, 4) is 0 Å². The zero-order valence-corrected chi connectivity index (χ0v) is 17.2. The Morgan fingerprint density at radius 2 is 1.64 bits per heavy atom. The van der Waals surface area contributed by atoms with E-state index in [-0.39, 0.29) is 17.8 Å². The minimum absolute atomic E-state index is 0.199. The molecular formula is C18H35NO5S. The van der Waals surface area contributed by atoms with Crippen LogP contribution in [-0.4, -0.2) is 54.9 Å². The molecule has 0 aromatic heterocycles. The van der Waals surface area contributed by atoms with Gasteiger partial charge < -0.3 is 13.8 Å². The Labute approximate surface area is 153 Å². The van der Waals surface area contributed by atoms with Crippen LogP contribution in [0.1, 0.15) is 66.7 Å². The fourth-order valence-corrected chi connectivity index (χ4v) is 3.57. The van der Waals surface area contributed by atoms with Crippen LogP contribution in [0, 0.1) is 0 Å². The lowest BCUT2D eigenvalue weighted by Crippen LogP contribution is -2.55. The summed E-state index contributed by atoms with van der Waals surface area (Å²) in [5.41, 5.74) is 0.704. The zero-order chi connectivity index (χ0) is 19.5. The number of esters is 1. The van der Waals surface area contributed by atoms with Crippen molar-refractivity contribution in [2.45, 2.75) is 72.8 Å². The predicted molar refractivity (Wildman–Crippen MR) is 98.8 cm³/mol. The largest absolute Gasteiger partial charge is 0.748 e. The van der Waals surface area contributed by atoms with Gasteiger partial charge in [0.15, 0.2) is 0 Å². The molecule has 1 atom stereocenters. The van der Waals surface area contributed by atoms with Gasteiger partial charge in [-0.3, -0.25) is 0 Å². The van der Waals surface area contributed by atoms with Crippen LogP contribution in [0.2, 0.25) is 0 Å². The Balaban J connectivity index is 0.000000796. The van der Waals surface area contributed by atoms with E-state index in [1.807, 2.05) is 0 Å². The third-order valence-electron chi connectivity index (χ3n) is 4.93. The maximum absolute atomic E-state index is 10.8. The van der Waals surface area contributed by atoms with Gasteiger partial charge in [-0.05, 0) is 33.6 Å². The Bertz CT molecular complexity index is 520. The van der Waals surface area contributed by atoms with Crippen molar-refractivity contribution in [2.24, 2.45) is 0 Å². The van der Waals surface area contributed by atoms with Gasteiger partial charge >= 0.3 is 5.97 Å². The second-order valence-corrected chi connectivity index (χ2v) is 8.32. The highest BCUT2D eigenvalue weighted by molar-refractivity contribution is 7.85. The minimum atomic E-state index is -4.09. The first kappa shape index (κ1) is 24.1. The number of cyclic esters (lactones) is 1. The number of unbranched alkanes of at least 4 members (excludes halogenated alkanes) is 2. The number of hydrogen-bond acceptors (Lipinski definition) is 5. The molecule has 1 unspecified atom stereocenters. The number of ether oxygens (including phenoxy) is 1. The molecule has 0 aromatic carbocycles. The minimum Gasteiger partial charge on any atom is -0.748 e. The van der Waals surface area contributed by atoms with Crippen molar-refractivity contribution < 1.29 is 27.0 Å². The molecule has 7 heteroatoms. The summed E-state index contributed by atoms with van der Waals surface area (Å²) in [6.07, 6.45) is 6.53. The third kappa shape index (κ3) is 9.37. The molecule has 0 N–H and O–H groups in total. The SMILES string of the molecule is CC1=COC1=O.CCCC[N+](CC)(CCCC)C(C)CCS(=O)(=O)[O-]. The average Bonchev–Trinajstić information content (AvgIpc) is 2.58. The molecule has 0 saturated heterocycles. The molecule has 0 aliphatic carbocycles. The first-order chi connectivity index (χ1) is 11.6. The van der Waals surface area contributed by atoms with Crippen LogP contribution in [0.25, 0.3) is 0 Å². The summed E-state index contributed by atoms with van der Waals surface area (Å²) in [7, 11) is -4.09. The Hall–Kier alpha value is -0.920. The molecule has 0 radical (unpaired) electrons. The van der Waals surface area contributed by atoms with Gasteiger partial charge in [0.1, 0.15) is 6.26 Å². The van der Waals surface area contributed by atoms with Crippen LogP contribution in [0.15, 0.2) is 11.8 Å². The highest BCUT2D eigenvalue weighted by Gasteiger charge is 2.31. The van der Waals surface area contributed by atoms with Gasteiger partial charge in [0.25, 0.3) is 0 Å². The summed E-state index contributed by atoms with van der Waals surface area (Å²) in [4.78, 5) is 9.94. The quantitative estimate of drug-likeness (QED) is 0.314. The highest BCUT2D eigenvalue weighted by Crippen LogP contribution is 2.20. The van der Waals surface area contributed by atoms with Gasteiger partial charge in [-0.25, -0.2) is 13.2 Å². The Morgan fingerprint density at radius 3 is 1.88 bits per heavy atom. The first-order valence-corrected chi connectivity index (χ1v) is 10.9. The van der Waals surface area contributed by atoms with E-state index in [1.54, 1.807) is 6.92 Å². The molecule has 25 heavy (non-hydrogen) atoms. The molecule has 1 aliphatic rings. The topological polar surface area (TPSA) is 83.5 Å². The van der Waals surface area contributed by atoms with Gasteiger partial charge in [0.05, 0.1) is 41.4 Å². The number of carbonyl (C=O) groups is 1. The monoisotopic (exact) mass is 377 g/mol. The molecule has 1 rings (SSSR count). The molecule has 0 bridgehead atoms. The maximum Gasteiger partial charge on any atom is 0.341 e. The normalized spacial score (nSPS) is 15.4. The highest BCUT2D eigenvalue weighted by atomic mass is 32.2. The lowest BCUT2D eigenvalue weighted by molar-refractivity contribution is -0.948. The summed E-state index contributed by atoms with van der Waals surface area (Å²) >= 11 is 0. The van der Waals surface area contributed by atoms with Crippen LogP contribution in [0.3, 0.4) is 0 Å². The zero-order valence-electron chi connectivity index (χ0n) is 16.4. The lowest BCUT2D eigenvalue weighted by Gasteiger charge is -2.43. The maximum atomic E-state index is 10.8. The van der Waals surface area contributed by atoms with Gasteiger partial charge in [-0.1, -0.05) is 26.7 Å². The van der Waals surface area contributed by atoms with Crippen LogP contribution >= 0.6 is 0 Å². The summed E-state index contributed by atoms with van der Waals surface area (Å²) in [6.45, 7) is 13.5. The van der Waals surface area contributed by atoms with Crippen molar-refractivity contribution in [2.75, 3.05) is 25.4 Å². The molecule has 0 spiro atoms. The van der Waals surface area contributed by atoms with Crippen molar-refractivity contribution in [3.63, 3.8) is 0 Å². The molecule has 0 amide bonds. The van der Waals surface area contributed by atoms with Crippen molar-refractivity contribution in [3.05, 3.63) is 11.8 Å². The second-order valence-electron chi connectivity index (χ2n) is 6.79. The standard InChI is InChI=1S/C14H31NO3S.C4H4O2/c1-5-8-11-15(7-3,12-9-6-2)14(4)10-13-19(16,17)18;1-3-2-6-4(3)5/h14H,5-13H2,1-4H3;2H,1H3. The second kappa shape index (κ2) is 11.6. The molecular weight excluding hydrogens is 342 g/mol. The predicted octanol–water partition coefficient (Wildman–Crippen LogP) is 3.19. The van der Waals surface area contributed by atoms with E-state index in [9.17, 15) is 17.8 Å². The van der Waals surface area contributed by atoms with E-state index in [0.29, 0.717) is 12.0 Å². The third-order valence-corrected chi connectivity index (χ3v) is 5.66. The number of hydrogen-bond donors (Lipinski definition) is 0. The summed E-state index contributed by atoms with van der Waals surface area (Å²) in [5.74, 6) is -0.429. The Kier molecular flexibility index (Phi) is 11.2. The van der Waals surface area contributed by atoms with Crippen molar-refractivity contribution >= 4 is 16.1 Å². The van der Waals surface area contributed by atoms with E-state index in [4.69, 9.17) is 0 Å². The van der Waals surface area contributed by atoms with Crippen LogP contribution in [-0.2, 0) is 19.6 Å². The van der Waals surface area contributed by atoms with Gasteiger partial charge in [0.2, 0.25) is 0 Å². The van der Waals surface area contributed by atoms with Gasteiger partial charge in [0, 0.05) is 12.2 Å². The van der Waals surface area contributed by atoms with Crippen LogP contribution < -0.4 is 0 Å². The molecule has 148 valence electrons. The number of rotatable bonds is 11. The number of carbonyl (C=O) groups excluding carboxylic acids is 1. The molecule has 1 aliphatic heterocycles. The summed E-state index contributed by atoms with van der Waals surface area (Å²) < 4.78 is 37.6. The Morgan fingerprint density at radius 1 is 1.16 bits per heavy atom.